The third-order valence-corrected chi connectivity index (χ3v) is 4.91. The number of nitrogens with one attached hydrogen (secondary N) is 2. The van der Waals surface area contributed by atoms with Gasteiger partial charge in [-0.3, -0.25) is 14.6 Å². The Hall–Kier alpha value is -3.15. The Morgan fingerprint density at radius 2 is 2.00 bits per heavy atom. The molecule has 6 nitrogen and oxygen atoms in total. The summed E-state index contributed by atoms with van der Waals surface area (Å²) in [4.78, 5) is 28.9. The van der Waals surface area contributed by atoms with Crippen LogP contribution in [0.1, 0.15) is 46.5 Å². The van der Waals surface area contributed by atoms with E-state index < -0.39 is 0 Å². The number of nitrogens with two attached hydrogens (primary N) is 1. The number of nitrogen functional groups attached to an aromatic ring is 1. The quantitative estimate of drug-likeness (QED) is 0.541. The molecule has 1 heterocycles. The lowest BCUT2D eigenvalue weighted by Gasteiger charge is -2.19. The van der Waals surface area contributed by atoms with Crippen LogP contribution in [-0.2, 0) is 0 Å². The van der Waals surface area contributed by atoms with Gasteiger partial charge < -0.3 is 16.4 Å². The van der Waals surface area contributed by atoms with Crippen LogP contribution in [0.3, 0.4) is 0 Å². The Kier molecular flexibility index (Phi) is 5.86. The van der Waals surface area contributed by atoms with Crippen LogP contribution in [0.5, 0.6) is 0 Å². The summed E-state index contributed by atoms with van der Waals surface area (Å²) in [5.74, 6) is -0.0998. The molecule has 27 heavy (non-hydrogen) atoms. The summed E-state index contributed by atoms with van der Waals surface area (Å²) in [5.41, 5.74) is 7.52. The Morgan fingerprint density at radius 1 is 1.19 bits per heavy atom. The van der Waals surface area contributed by atoms with E-state index in [2.05, 4.69) is 22.2 Å². The highest BCUT2D eigenvalue weighted by Crippen LogP contribution is 2.28. The van der Waals surface area contributed by atoms with E-state index in [1.165, 1.54) is 6.20 Å². The molecule has 1 aromatic heterocycles. The van der Waals surface area contributed by atoms with Crippen molar-refractivity contribution >= 4 is 23.2 Å². The fourth-order valence-electron chi connectivity index (χ4n) is 3.43. The zero-order chi connectivity index (χ0) is 19.2. The Bertz CT molecular complexity index is 832. The fourth-order valence-corrected chi connectivity index (χ4v) is 3.43. The van der Waals surface area contributed by atoms with Gasteiger partial charge in [-0.05, 0) is 49.4 Å². The molecule has 1 aliphatic carbocycles. The van der Waals surface area contributed by atoms with Gasteiger partial charge in [0.1, 0.15) is 5.69 Å². The number of benzene rings is 1. The summed E-state index contributed by atoms with van der Waals surface area (Å²) in [6, 6.07) is 10.3. The van der Waals surface area contributed by atoms with E-state index in [0.29, 0.717) is 28.6 Å². The average Bonchev–Trinajstić information content (AvgIpc) is 3.11. The number of rotatable bonds is 6. The van der Waals surface area contributed by atoms with Gasteiger partial charge in [0.15, 0.2) is 0 Å². The molecular formula is C21H24N4O2. The highest BCUT2D eigenvalue weighted by Gasteiger charge is 2.28. The monoisotopic (exact) mass is 364 g/mol. The highest BCUT2D eigenvalue weighted by molar-refractivity contribution is 6.05. The van der Waals surface area contributed by atoms with Gasteiger partial charge in [0.05, 0.1) is 16.9 Å². The fraction of sp³-hybridized carbons (Fsp3) is 0.286. The second-order valence-electron chi connectivity index (χ2n) is 6.77. The van der Waals surface area contributed by atoms with E-state index in [-0.39, 0.29) is 17.9 Å². The van der Waals surface area contributed by atoms with Gasteiger partial charge >= 0.3 is 0 Å². The minimum Gasteiger partial charge on any atom is -0.397 e. The number of anilines is 2. The van der Waals surface area contributed by atoms with Crippen LogP contribution in [0.15, 0.2) is 55.3 Å². The van der Waals surface area contributed by atoms with Crippen LogP contribution < -0.4 is 16.4 Å². The lowest BCUT2D eigenvalue weighted by molar-refractivity contribution is 0.0921. The Morgan fingerprint density at radius 3 is 2.70 bits per heavy atom. The lowest BCUT2D eigenvalue weighted by Crippen LogP contribution is -2.37. The summed E-state index contributed by atoms with van der Waals surface area (Å²) < 4.78 is 0. The van der Waals surface area contributed by atoms with Crippen molar-refractivity contribution in [1.29, 1.82) is 0 Å². The van der Waals surface area contributed by atoms with Gasteiger partial charge in [-0.25, -0.2) is 0 Å². The van der Waals surface area contributed by atoms with Crippen molar-refractivity contribution in [3.63, 3.8) is 0 Å². The molecule has 3 rings (SSSR count). The normalized spacial score (nSPS) is 18.7. The van der Waals surface area contributed by atoms with Crippen LogP contribution in [-0.4, -0.2) is 22.8 Å². The first-order valence-corrected chi connectivity index (χ1v) is 9.12. The number of allylic oxidation sites excluding steroid dienone is 1. The Balaban J connectivity index is 1.62. The lowest BCUT2D eigenvalue weighted by atomic mass is 9.99. The molecule has 6 heteroatoms. The smallest absolute Gasteiger partial charge is 0.270 e. The number of pyridine rings is 1. The summed E-state index contributed by atoms with van der Waals surface area (Å²) in [6.45, 7) is 3.79. The van der Waals surface area contributed by atoms with Crippen LogP contribution in [0, 0.1) is 5.92 Å². The van der Waals surface area contributed by atoms with Crippen molar-refractivity contribution < 1.29 is 9.59 Å². The minimum absolute atomic E-state index is 0.154. The van der Waals surface area contributed by atoms with Crippen molar-refractivity contribution in [2.24, 2.45) is 5.92 Å². The molecular weight excluding hydrogens is 340 g/mol. The summed E-state index contributed by atoms with van der Waals surface area (Å²) in [5, 5.41) is 5.80. The molecule has 0 radical (unpaired) electrons. The molecule has 2 amide bonds. The zero-order valence-electron chi connectivity index (χ0n) is 15.2. The summed E-state index contributed by atoms with van der Waals surface area (Å²) >= 11 is 0. The molecule has 0 bridgehead atoms. The van der Waals surface area contributed by atoms with E-state index in [9.17, 15) is 9.59 Å². The van der Waals surface area contributed by atoms with Crippen LogP contribution in [0.2, 0.25) is 0 Å². The van der Waals surface area contributed by atoms with Crippen LogP contribution >= 0.6 is 0 Å². The topological polar surface area (TPSA) is 97.1 Å². The highest BCUT2D eigenvalue weighted by atomic mass is 16.2. The van der Waals surface area contributed by atoms with E-state index in [1.807, 2.05) is 6.08 Å². The average molecular weight is 364 g/mol. The second kappa shape index (κ2) is 8.49. The molecule has 1 aliphatic rings. The molecule has 1 fully saturated rings. The molecule has 0 aliphatic heterocycles. The predicted molar refractivity (Wildman–Crippen MR) is 106 cm³/mol. The molecule has 1 aromatic carbocycles. The largest absolute Gasteiger partial charge is 0.397 e. The van der Waals surface area contributed by atoms with Crippen molar-refractivity contribution in [1.82, 2.24) is 10.3 Å². The second-order valence-corrected chi connectivity index (χ2v) is 6.77. The maximum Gasteiger partial charge on any atom is 0.270 e. The molecule has 2 atom stereocenters. The number of amides is 2. The van der Waals surface area contributed by atoms with E-state index >= 15 is 0 Å². The van der Waals surface area contributed by atoms with Gasteiger partial charge in [-0.1, -0.05) is 24.6 Å². The van der Waals surface area contributed by atoms with Gasteiger partial charge in [-0.15, -0.1) is 6.58 Å². The predicted octanol–water partition coefficient (Wildman–Crippen LogP) is 3.39. The number of para-hydroxylation sites is 2. The molecule has 2 unspecified atom stereocenters. The number of carbonyl (C=O) groups is 2. The zero-order valence-corrected chi connectivity index (χ0v) is 15.2. The number of hydrogen-bond acceptors (Lipinski definition) is 4. The number of carbonyl (C=O) groups excluding carboxylic acids is 2. The number of hydrogen-bond donors (Lipinski definition) is 3. The molecule has 140 valence electrons. The Labute approximate surface area is 158 Å². The standard InChI is InChI=1S/C21H24N4O2/c1-2-6-14-7-5-10-17(14)24-21(27)19-12-11-15(13-23-19)20(26)25-18-9-4-3-8-16(18)22/h2-4,8-9,11-14,17H,1,5-7,10,22H2,(H,24,27)(H,25,26). The van der Waals surface area contributed by atoms with Crippen LogP contribution in [0.25, 0.3) is 0 Å². The summed E-state index contributed by atoms with van der Waals surface area (Å²) in [6.07, 6.45) is 7.40. The third-order valence-electron chi connectivity index (χ3n) is 4.91. The van der Waals surface area contributed by atoms with Gasteiger partial charge in [0.25, 0.3) is 11.8 Å². The van der Waals surface area contributed by atoms with E-state index in [4.69, 9.17) is 5.73 Å². The van der Waals surface area contributed by atoms with Gasteiger partial charge in [-0.2, -0.15) is 0 Å². The van der Waals surface area contributed by atoms with Crippen LogP contribution in [0.4, 0.5) is 11.4 Å². The maximum absolute atomic E-state index is 12.5. The summed E-state index contributed by atoms with van der Waals surface area (Å²) in [7, 11) is 0. The minimum atomic E-state index is -0.325. The molecule has 0 spiro atoms. The van der Waals surface area contributed by atoms with E-state index in [1.54, 1.807) is 36.4 Å². The van der Waals surface area contributed by atoms with Crippen molar-refractivity contribution in [3.8, 4) is 0 Å². The van der Waals surface area contributed by atoms with Crippen molar-refractivity contribution in [2.75, 3.05) is 11.1 Å². The number of aromatic nitrogens is 1. The van der Waals surface area contributed by atoms with E-state index in [0.717, 1.165) is 25.7 Å². The molecule has 2 aromatic rings. The SMILES string of the molecule is C=CCC1CCCC1NC(=O)c1ccc(C(=O)Nc2ccccc2N)cn1. The van der Waals surface area contributed by atoms with Crippen molar-refractivity contribution in [2.45, 2.75) is 31.7 Å². The first-order valence-electron chi connectivity index (χ1n) is 9.12. The first kappa shape index (κ1) is 18.6. The van der Waals surface area contributed by atoms with Gasteiger partial charge in [0, 0.05) is 12.2 Å². The third kappa shape index (κ3) is 4.53. The maximum atomic E-state index is 12.5. The van der Waals surface area contributed by atoms with Gasteiger partial charge in [0.2, 0.25) is 0 Å². The first-order chi connectivity index (χ1) is 13.1. The molecule has 1 saturated carbocycles. The van der Waals surface area contributed by atoms with Crippen molar-refractivity contribution in [3.05, 3.63) is 66.5 Å². The number of nitrogens with zero attached hydrogens (tertiary/aromatic N) is 1. The molecule has 4 N–H and O–H groups in total. The molecule has 0 saturated heterocycles.